The van der Waals surface area contributed by atoms with Gasteiger partial charge in [-0.05, 0) is 13.0 Å². The summed E-state index contributed by atoms with van der Waals surface area (Å²) in [5.41, 5.74) is 0.417. The SMILES string of the molecule is Cc1cc(NCCOCC(F)F)ncc1[N+](=O)[O-]. The average molecular weight is 261 g/mol. The third kappa shape index (κ3) is 4.58. The van der Waals surface area contributed by atoms with Crippen molar-refractivity contribution < 1.29 is 18.4 Å². The standard InChI is InChI=1S/C10H13F2N3O3/c1-7-4-10(14-5-8(7)15(16)17)13-2-3-18-6-9(11)12/h4-5,9H,2-3,6H2,1H3,(H,13,14). The van der Waals surface area contributed by atoms with Crippen molar-refractivity contribution in [2.24, 2.45) is 0 Å². The van der Waals surface area contributed by atoms with Crippen molar-refractivity contribution in [3.05, 3.63) is 27.9 Å². The summed E-state index contributed by atoms with van der Waals surface area (Å²) in [6.07, 6.45) is -1.33. The molecule has 1 heterocycles. The topological polar surface area (TPSA) is 77.3 Å². The van der Waals surface area contributed by atoms with E-state index in [0.717, 1.165) is 6.20 Å². The van der Waals surface area contributed by atoms with Crippen LogP contribution >= 0.6 is 0 Å². The van der Waals surface area contributed by atoms with Crippen LogP contribution in [-0.4, -0.2) is 36.1 Å². The number of pyridine rings is 1. The smallest absolute Gasteiger partial charge is 0.290 e. The first-order chi connectivity index (χ1) is 8.50. The van der Waals surface area contributed by atoms with E-state index in [-0.39, 0.29) is 12.3 Å². The Bertz CT molecular complexity index is 415. The zero-order chi connectivity index (χ0) is 13.5. The first-order valence-corrected chi connectivity index (χ1v) is 5.21. The predicted octanol–water partition coefficient (Wildman–Crippen LogP) is 1.99. The maximum atomic E-state index is 11.7. The van der Waals surface area contributed by atoms with E-state index < -0.39 is 18.0 Å². The summed E-state index contributed by atoms with van der Waals surface area (Å²) in [6, 6.07) is 1.52. The Morgan fingerprint density at radius 1 is 1.61 bits per heavy atom. The lowest BCUT2D eigenvalue weighted by Gasteiger charge is -2.07. The number of nitrogens with zero attached hydrogens (tertiary/aromatic N) is 2. The zero-order valence-corrected chi connectivity index (χ0v) is 9.73. The van der Waals surface area contributed by atoms with Crippen LogP contribution in [0.15, 0.2) is 12.3 Å². The van der Waals surface area contributed by atoms with Gasteiger partial charge in [-0.15, -0.1) is 0 Å². The largest absolute Gasteiger partial charge is 0.374 e. The van der Waals surface area contributed by atoms with E-state index in [2.05, 4.69) is 15.0 Å². The van der Waals surface area contributed by atoms with Gasteiger partial charge >= 0.3 is 0 Å². The van der Waals surface area contributed by atoms with Crippen molar-refractivity contribution in [1.29, 1.82) is 0 Å². The van der Waals surface area contributed by atoms with E-state index in [9.17, 15) is 18.9 Å². The van der Waals surface area contributed by atoms with E-state index in [4.69, 9.17) is 0 Å². The van der Waals surface area contributed by atoms with Crippen molar-refractivity contribution in [3.8, 4) is 0 Å². The molecular weight excluding hydrogens is 248 g/mol. The van der Waals surface area contributed by atoms with Crippen LogP contribution < -0.4 is 5.32 Å². The second-order valence-electron chi connectivity index (χ2n) is 3.51. The Hall–Kier alpha value is -1.83. The van der Waals surface area contributed by atoms with Crippen molar-refractivity contribution in [2.75, 3.05) is 25.1 Å². The number of ether oxygens (including phenoxy) is 1. The molecule has 0 amide bonds. The maximum Gasteiger partial charge on any atom is 0.290 e. The van der Waals surface area contributed by atoms with Gasteiger partial charge in [0.2, 0.25) is 0 Å². The van der Waals surface area contributed by atoms with Gasteiger partial charge < -0.3 is 10.1 Å². The summed E-state index contributed by atoms with van der Waals surface area (Å²) in [7, 11) is 0. The number of rotatable bonds is 7. The molecule has 1 aromatic heterocycles. The lowest BCUT2D eigenvalue weighted by Crippen LogP contribution is -2.13. The molecular formula is C10H13F2N3O3. The summed E-state index contributed by atoms with van der Waals surface area (Å²) in [5, 5.41) is 13.4. The first-order valence-electron chi connectivity index (χ1n) is 5.21. The van der Waals surface area contributed by atoms with Crippen LogP contribution in [-0.2, 0) is 4.74 Å². The lowest BCUT2D eigenvalue weighted by atomic mass is 10.2. The summed E-state index contributed by atoms with van der Waals surface area (Å²) in [4.78, 5) is 13.9. The molecule has 1 aromatic rings. The molecule has 0 radical (unpaired) electrons. The summed E-state index contributed by atoms with van der Waals surface area (Å²) in [6.45, 7) is 1.41. The monoisotopic (exact) mass is 261 g/mol. The fourth-order valence-electron chi connectivity index (χ4n) is 1.26. The molecule has 0 unspecified atom stereocenters. The minimum Gasteiger partial charge on any atom is -0.374 e. The van der Waals surface area contributed by atoms with Crippen molar-refractivity contribution >= 4 is 11.5 Å². The van der Waals surface area contributed by atoms with Gasteiger partial charge in [-0.25, -0.2) is 13.8 Å². The number of alkyl halides is 2. The number of nitrogens with one attached hydrogen (secondary N) is 1. The normalized spacial score (nSPS) is 10.7. The van der Waals surface area contributed by atoms with Crippen LogP contribution in [0.25, 0.3) is 0 Å². The Balaban J connectivity index is 2.39. The van der Waals surface area contributed by atoms with E-state index >= 15 is 0 Å². The quantitative estimate of drug-likeness (QED) is 0.461. The molecule has 6 nitrogen and oxygen atoms in total. The maximum absolute atomic E-state index is 11.7. The number of nitro groups is 1. The van der Waals surface area contributed by atoms with Crippen molar-refractivity contribution in [1.82, 2.24) is 4.98 Å². The second kappa shape index (κ2) is 6.80. The fraction of sp³-hybridized carbons (Fsp3) is 0.500. The van der Waals surface area contributed by atoms with Crippen LogP contribution in [0.4, 0.5) is 20.3 Å². The third-order valence-electron chi connectivity index (χ3n) is 2.08. The second-order valence-corrected chi connectivity index (χ2v) is 3.51. The number of hydrogen-bond donors (Lipinski definition) is 1. The zero-order valence-electron chi connectivity index (χ0n) is 9.73. The Labute approximate surface area is 102 Å². The summed E-state index contributed by atoms with van der Waals surface area (Å²) < 4.78 is 28.1. The minimum absolute atomic E-state index is 0.0606. The Morgan fingerprint density at radius 3 is 2.89 bits per heavy atom. The summed E-state index contributed by atoms with van der Waals surface area (Å²) >= 11 is 0. The van der Waals surface area contributed by atoms with Crippen LogP contribution in [0.2, 0.25) is 0 Å². The van der Waals surface area contributed by atoms with E-state index in [0.29, 0.717) is 17.9 Å². The molecule has 1 rings (SSSR count). The number of halogens is 2. The highest BCUT2D eigenvalue weighted by molar-refractivity contribution is 5.46. The molecule has 0 fully saturated rings. The molecule has 0 aliphatic rings. The highest BCUT2D eigenvalue weighted by atomic mass is 19.3. The summed E-state index contributed by atoms with van der Waals surface area (Å²) in [5.74, 6) is 0.443. The van der Waals surface area contributed by atoms with Gasteiger partial charge in [0.25, 0.3) is 12.1 Å². The molecule has 0 saturated carbocycles. The van der Waals surface area contributed by atoms with E-state index in [1.807, 2.05) is 0 Å². The fourth-order valence-corrected chi connectivity index (χ4v) is 1.26. The lowest BCUT2D eigenvalue weighted by molar-refractivity contribution is -0.385. The molecule has 0 aromatic carbocycles. The van der Waals surface area contributed by atoms with Crippen molar-refractivity contribution in [2.45, 2.75) is 13.3 Å². The molecule has 0 aliphatic heterocycles. The molecule has 0 spiro atoms. The highest BCUT2D eigenvalue weighted by Gasteiger charge is 2.11. The van der Waals surface area contributed by atoms with Gasteiger partial charge in [-0.3, -0.25) is 10.1 Å². The number of aryl methyl sites for hydroxylation is 1. The molecule has 100 valence electrons. The Kier molecular flexibility index (Phi) is 5.37. The van der Waals surface area contributed by atoms with Gasteiger partial charge in [0, 0.05) is 12.1 Å². The number of anilines is 1. The first kappa shape index (κ1) is 14.2. The number of hydrogen-bond acceptors (Lipinski definition) is 5. The van der Waals surface area contributed by atoms with Gasteiger partial charge in [0.05, 0.1) is 11.5 Å². The Morgan fingerprint density at radius 2 is 2.33 bits per heavy atom. The molecule has 0 bridgehead atoms. The number of aromatic nitrogens is 1. The van der Waals surface area contributed by atoms with Crippen molar-refractivity contribution in [3.63, 3.8) is 0 Å². The van der Waals surface area contributed by atoms with Gasteiger partial charge in [0.15, 0.2) is 0 Å². The van der Waals surface area contributed by atoms with E-state index in [1.54, 1.807) is 6.92 Å². The molecule has 18 heavy (non-hydrogen) atoms. The molecule has 0 saturated heterocycles. The molecule has 0 atom stereocenters. The van der Waals surface area contributed by atoms with Crippen LogP contribution in [0, 0.1) is 17.0 Å². The van der Waals surface area contributed by atoms with E-state index in [1.165, 1.54) is 6.07 Å². The molecule has 1 N–H and O–H groups in total. The van der Waals surface area contributed by atoms with Crippen LogP contribution in [0.5, 0.6) is 0 Å². The molecule has 0 aliphatic carbocycles. The predicted molar refractivity (Wildman–Crippen MR) is 60.9 cm³/mol. The van der Waals surface area contributed by atoms with Gasteiger partial charge in [-0.1, -0.05) is 0 Å². The molecule has 8 heteroatoms. The average Bonchev–Trinajstić information content (AvgIpc) is 2.27. The third-order valence-corrected chi connectivity index (χ3v) is 2.08. The van der Waals surface area contributed by atoms with Gasteiger partial charge in [0.1, 0.15) is 18.6 Å². The van der Waals surface area contributed by atoms with Gasteiger partial charge in [-0.2, -0.15) is 0 Å². The minimum atomic E-state index is -2.48. The highest BCUT2D eigenvalue weighted by Crippen LogP contribution is 2.18. The van der Waals surface area contributed by atoms with Crippen LogP contribution in [0.1, 0.15) is 5.56 Å². The van der Waals surface area contributed by atoms with Crippen LogP contribution in [0.3, 0.4) is 0 Å².